The number of likely N-dealkylation sites (tertiary alicyclic amines) is 1. The molecule has 1 fully saturated rings. The minimum atomic E-state index is -0.858. The average Bonchev–Trinajstić information content (AvgIpc) is 3.02. The van der Waals surface area contributed by atoms with E-state index in [2.05, 4.69) is 0 Å². The molecule has 1 heterocycles. The smallest absolute Gasteiger partial charge is 0.295 e. The zero-order valence-electron chi connectivity index (χ0n) is 17.4. The van der Waals surface area contributed by atoms with Crippen molar-refractivity contribution in [3.8, 4) is 5.75 Å². The van der Waals surface area contributed by atoms with E-state index >= 15 is 0 Å². The van der Waals surface area contributed by atoms with E-state index in [0.29, 0.717) is 23.4 Å². The molecular weight excluding hydrogens is 402 g/mol. The Bertz CT molecular complexity index is 1030. The highest BCUT2D eigenvalue weighted by molar-refractivity contribution is 6.46. The van der Waals surface area contributed by atoms with Crippen LogP contribution in [0.5, 0.6) is 5.75 Å². The van der Waals surface area contributed by atoms with Crippen LogP contribution in [0, 0.1) is 10.1 Å². The monoisotopic (exact) mass is 425 g/mol. The van der Waals surface area contributed by atoms with E-state index in [1.165, 1.54) is 36.3 Å². The molecule has 3 rings (SSSR count). The first-order valence-electron chi connectivity index (χ1n) is 9.56. The summed E-state index contributed by atoms with van der Waals surface area (Å²) in [4.78, 5) is 39.5. The van der Waals surface area contributed by atoms with Gasteiger partial charge in [0.15, 0.2) is 0 Å². The predicted octanol–water partition coefficient (Wildman–Crippen LogP) is 2.59. The number of nitro benzene ring substituents is 1. The van der Waals surface area contributed by atoms with Gasteiger partial charge in [0.2, 0.25) is 0 Å². The number of nitro groups is 1. The first-order chi connectivity index (χ1) is 14.7. The number of hydrogen-bond acceptors (Lipinski definition) is 7. The van der Waals surface area contributed by atoms with Gasteiger partial charge in [0, 0.05) is 30.8 Å². The number of benzene rings is 2. The van der Waals surface area contributed by atoms with Gasteiger partial charge in [-0.2, -0.15) is 0 Å². The number of carbonyl (C=O) groups excluding carboxylic acids is 2. The van der Waals surface area contributed by atoms with E-state index in [4.69, 9.17) is 4.74 Å². The molecule has 0 aromatic heterocycles. The second-order valence-electron chi connectivity index (χ2n) is 7.37. The molecule has 1 amide bonds. The Morgan fingerprint density at radius 1 is 1.13 bits per heavy atom. The van der Waals surface area contributed by atoms with Crippen LogP contribution in [0.2, 0.25) is 0 Å². The first-order valence-corrected chi connectivity index (χ1v) is 9.56. The number of hydrogen-bond donors (Lipinski definition) is 1. The number of likely N-dealkylation sites (N-methyl/N-ethyl adjacent to an activating group) is 1. The maximum absolute atomic E-state index is 12.9. The maximum atomic E-state index is 12.9. The molecule has 162 valence electrons. The van der Waals surface area contributed by atoms with Crippen LogP contribution in [-0.4, -0.2) is 65.8 Å². The van der Waals surface area contributed by atoms with E-state index in [-0.39, 0.29) is 23.6 Å². The number of ether oxygens (including phenoxy) is 1. The molecule has 0 radical (unpaired) electrons. The van der Waals surface area contributed by atoms with E-state index in [9.17, 15) is 24.8 Å². The van der Waals surface area contributed by atoms with Gasteiger partial charge >= 0.3 is 0 Å². The van der Waals surface area contributed by atoms with Crippen molar-refractivity contribution in [2.45, 2.75) is 6.04 Å². The van der Waals surface area contributed by atoms with Gasteiger partial charge in [0.25, 0.3) is 17.4 Å². The number of ketones is 1. The normalized spacial score (nSPS) is 17.9. The molecule has 1 N–H and O–H groups in total. The van der Waals surface area contributed by atoms with Crippen LogP contribution >= 0.6 is 0 Å². The van der Waals surface area contributed by atoms with Gasteiger partial charge in [0.1, 0.15) is 11.5 Å². The van der Waals surface area contributed by atoms with Crippen molar-refractivity contribution in [3.63, 3.8) is 0 Å². The summed E-state index contributed by atoms with van der Waals surface area (Å²) in [5.41, 5.74) is 0.698. The lowest BCUT2D eigenvalue weighted by Gasteiger charge is -2.26. The number of non-ortho nitro benzene ring substituents is 1. The molecule has 9 heteroatoms. The van der Waals surface area contributed by atoms with E-state index in [0.717, 1.165) is 0 Å². The lowest BCUT2D eigenvalue weighted by Crippen LogP contribution is -2.35. The van der Waals surface area contributed by atoms with E-state index in [1.807, 2.05) is 19.0 Å². The van der Waals surface area contributed by atoms with Crippen molar-refractivity contribution in [1.29, 1.82) is 0 Å². The third-order valence-corrected chi connectivity index (χ3v) is 5.11. The lowest BCUT2D eigenvalue weighted by atomic mass is 9.95. The molecule has 1 aliphatic rings. The molecule has 2 aromatic carbocycles. The summed E-state index contributed by atoms with van der Waals surface area (Å²) in [6, 6.07) is 11.2. The number of amides is 1. The van der Waals surface area contributed by atoms with Crippen molar-refractivity contribution >= 4 is 23.1 Å². The van der Waals surface area contributed by atoms with Crippen molar-refractivity contribution in [2.75, 3.05) is 34.3 Å². The van der Waals surface area contributed by atoms with Crippen molar-refractivity contribution in [1.82, 2.24) is 9.80 Å². The fourth-order valence-corrected chi connectivity index (χ4v) is 3.45. The Morgan fingerprint density at radius 3 is 2.26 bits per heavy atom. The van der Waals surface area contributed by atoms with Gasteiger partial charge in [-0.1, -0.05) is 0 Å². The SMILES string of the molecule is COc1ccc(C(O)=C2C(=O)C(=O)N(CCN(C)C)[C@@H]2c2ccc([N+](=O)[O-])cc2)cc1. The number of nitrogens with zero attached hydrogens (tertiary/aromatic N) is 3. The highest BCUT2D eigenvalue weighted by Gasteiger charge is 2.45. The third kappa shape index (κ3) is 4.41. The highest BCUT2D eigenvalue weighted by atomic mass is 16.6. The predicted molar refractivity (Wildman–Crippen MR) is 114 cm³/mol. The summed E-state index contributed by atoms with van der Waals surface area (Å²) in [6.07, 6.45) is 0. The van der Waals surface area contributed by atoms with Crippen molar-refractivity contribution in [2.24, 2.45) is 0 Å². The van der Waals surface area contributed by atoms with E-state index in [1.54, 1.807) is 24.3 Å². The maximum Gasteiger partial charge on any atom is 0.295 e. The summed E-state index contributed by atoms with van der Waals surface area (Å²) >= 11 is 0. The third-order valence-electron chi connectivity index (χ3n) is 5.11. The minimum absolute atomic E-state index is 0.0530. The lowest BCUT2D eigenvalue weighted by molar-refractivity contribution is -0.384. The van der Waals surface area contributed by atoms with Crippen LogP contribution in [0.3, 0.4) is 0 Å². The Kier molecular flexibility index (Phi) is 6.36. The van der Waals surface area contributed by atoms with Gasteiger partial charge in [0.05, 0.1) is 23.6 Å². The standard InChI is InChI=1S/C22H23N3O6/c1-23(2)12-13-24-19(14-4-8-16(9-5-14)25(29)30)18(21(27)22(24)28)20(26)15-6-10-17(31-3)11-7-15/h4-11,19,26H,12-13H2,1-3H3/t19-/m1/s1. The second kappa shape index (κ2) is 8.97. The minimum Gasteiger partial charge on any atom is -0.507 e. The summed E-state index contributed by atoms with van der Waals surface area (Å²) in [6.45, 7) is 0.748. The Balaban J connectivity index is 2.12. The molecule has 0 bridgehead atoms. The highest BCUT2D eigenvalue weighted by Crippen LogP contribution is 2.39. The fraction of sp³-hybridized carbons (Fsp3) is 0.273. The van der Waals surface area contributed by atoms with Crippen LogP contribution in [-0.2, 0) is 9.59 Å². The van der Waals surface area contributed by atoms with Gasteiger partial charge in [-0.25, -0.2) is 0 Å². The van der Waals surface area contributed by atoms with E-state index < -0.39 is 22.7 Å². The summed E-state index contributed by atoms with van der Waals surface area (Å²) in [5.74, 6) is -1.25. The topological polar surface area (TPSA) is 113 Å². The van der Waals surface area contributed by atoms with Crippen LogP contribution in [0.25, 0.3) is 5.76 Å². The number of rotatable bonds is 7. The molecule has 0 saturated carbocycles. The van der Waals surface area contributed by atoms with Crippen LogP contribution in [0.4, 0.5) is 5.69 Å². The van der Waals surface area contributed by atoms with Gasteiger partial charge in [-0.05, 0) is 56.1 Å². The van der Waals surface area contributed by atoms with Gasteiger partial charge < -0.3 is 19.6 Å². The number of aliphatic hydroxyl groups is 1. The van der Waals surface area contributed by atoms with Gasteiger partial charge in [-0.15, -0.1) is 0 Å². The fourth-order valence-electron chi connectivity index (χ4n) is 3.45. The summed E-state index contributed by atoms with van der Waals surface area (Å²) in [7, 11) is 5.20. The average molecular weight is 425 g/mol. The molecule has 0 aliphatic carbocycles. The summed E-state index contributed by atoms with van der Waals surface area (Å²) in [5, 5.41) is 22.0. The van der Waals surface area contributed by atoms with Crippen LogP contribution in [0.1, 0.15) is 17.2 Å². The van der Waals surface area contributed by atoms with Gasteiger partial charge in [-0.3, -0.25) is 19.7 Å². The first kappa shape index (κ1) is 22.0. The van der Waals surface area contributed by atoms with Crippen molar-refractivity contribution in [3.05, 3.63) is 75.3 Å². The van der Waals surface area contributed by atoms with Crippen molar-refractivity contribution < 1.29 is 24.4 Å². The molecular formula is C22H23N3O6. The zero-order valence-corrected chi connectivity index (χ0v) is 17.4. The number of Topliss-reactive ketones (excluding diaryl/α,β-unsaturated/α-hetero) is 1. The van der Waals surface area contributed by atoms with Crippen LogP contribution < -0.4 is 4.74 Å². The molecule has 0 unspecified atom stereocenters. The molecule has 1 saturated heterocycles. The summed E-state index contributed by atoms with van der Waals surface area (Å²) < 4.78 is 5.12. The Labute approximate surface area is 179 Å². The molecule has 0 spiro atoms. The molecule has 1 atom stereocenters. The molecule has 2 aromatic rings. The number of carbonyl (C=O) groups is 2. The number of aliphatic hydroxyl groups excluding tert-OH is 1. The Morgan fingerprint density at radius 2 is 1.74 bits per heavy atom. The Hall–Kier alpha value is -3.72. The second-order valence-corrected chi connectivity index (χ2v) is 7.37. The zero-order chi connectivity index (χ0) is 22.7. The molecule has 9 nitrogen and oxygen atoms in total. The molecule has 1 aliphatic heterocycles. The van der Waals surface area contributed by atoms with Crippen LogP contribution in [0.15, 0.2) is 54.1 Å². The number of methoxy groups -OCH3 is 1. The largest absolute Gasteiger partial charge is 0.507 e. The molecule has 31 heavy (non-hydrogen) atoms. The quantitative estimate of drug-likeness (QED) is 0.238.